The van der Waals surface area contributed by atoms with E-state index in [1.807, 2.05) is 0 Å². The van der Waals surface area contributed by atoms with E-state index in [4.69, 9.17) is 0 Å². The van der Waals surface area contributed by atoms with Gasteiger partial charge in [-0.05, 0) is 93.4 Å². The minimum absolute atomic E-state index is 0.0426. The molecule has 120 valence electrons. The lowest BCUT2D eigenvalue weighted by Crippen LogP contribution is -2.53. The van der Waals surface area contributed by atoms with Crippen LogP contribution in [0.25, 0.3) is 0 Å². The molecule has 3 atom stereocenters. The van der Waals surface area contributed by atoms with Gasteiger partial charge in [-0.2, -0.15) is 0 Å². The van der Waals surface area contributed by atoms with Crippen LogP contribution in [0.1, 0.15) is 71.1 Å². The Morgan fingerprint density at radius 1 is 1.05 bits per heavy atom. The van der Waals surface area contributed by atoms with E-state index in [1.165, 1.54) is 57.8 Å². The fourth-order valence-electron chi connectivity index (χ4n) is 6.75. The molecule has 0 radical (unpaired) electrons. The highest BCUT2D eigenvalue weighted by Crippen LogP contribution is 2.61. The number of aliphatic hydroxyl groups excluding tert-OH is 1. The molecule has 2 heteroatoms. The Bertz CT molecular complexity index is 344. The smallest absolute Gasteiger partial charge is 0.0611 e. The molecule has 4 saturated carbocycles. The number of hydrogen-bond acceptors (Lipinski definition) is 2. The summed E-state index contributed by atoms with van der Waals surface area (Å²) in [5, 5.41) is 14.8. The van der Waals surface area contributed by atoms with Crippen molar-refractivity contribution in [3.05, 3.63) is 0 Å². The highest BCUT2D eigenvalue weighted by molar-refractivity contribution is 5.05. The Morgan fingerprint density at radius 3 is 2.24 bits per heavy atom. The standard InChI is InChI=1S/C19H33NO/c1-2-13-3-4-20-17(8-13)9-18(21)19-10-14-5-15(11-19)7-16(6-14)12-19/h13-18,20-21H,2-12H2,1H3. The van der Waals surface area contributed by atoms with Gasteiger partial charge in [0.15, 0.2) is 0 Å². The number of nitrogens with one attached hydrogen (secondary N) is 1. The van der Waals surface area contributed by atoms with E-state index in [1.54, 1.807) is 0 Å². The van der Waals surface area contributed by atoms with Gasteiger partial charge in [0.1, 0.15) is 0 Å². The molecule has 0 aromatic rings. The van der Waals surface area contributed by atoms with Crippen molar-refractivity contribution >= 4 is 0 Å². The van der Waals surface area contributed by atoms with E-state index in [2.05, 4.69) is 12.2 Å². The highest BCUT2D eigenvalue weighted by atomic mass is 16.3. The lowest BCUT2D eigenvalue weighted by atomic mass is 9.48. The number of piperidine rings is 1. The number of hydrogen-bond donors (Lipinski definition) is 2. The zero-order chi connectivity index (χ0) is 14.4. The average molecular weight is 291 g/mol. The maximum atomic E-state index is 11.1. The van der Waals surface area contributed by atoms with Crippen LogP contribution in [0.5, 0.6) is 0 Å². The summed E-state index contributed by atoms with van der Waals surface area (Å²) in [7, 11) is 0. The summed E-state index contributed by atoms with van der Waals surface area (Å²) >= 11 is 0. The predicted octanol–water partition coefficient (Wildman–Crippen LogP) is 3.73. The SMILES string of the molecule is CCC1CCNC(CC(O)C23CC4CC(CC(C4)C2)C3)C1. The number of aliphatic hydroxyl groups is 1. The van der Waals surface area contributed by atoms with Gasteiger partial charge in [0.2, 0.25) is 0 Å². The summed E-state index contributed by atoms with van der Waals surface area (Å²) in [5.41, 5.74) is 0.315. The van der Waals surface area contributed by atoms with Gasteiger partial charge in [-0.15, -0.1) is 0 Å². The first kappa shape index (κ1) is 14.5. The van der Waals surface area contributed by atoms with Crippen LogP contribution in [0.15, 0.2) is 0 Å². The molecule has 1 heterocycles. The molecule has 5 rings (SSSR count). The molecule has 1 saturated heterocycles. The second-order valence-corrected chi connectivity index (χ2v) is 8.98. The second-order valence-electron chi connectivity index (χ2n) is 8.98. The average Bonchev–Trinajstić information content (AvgIpc) is 2.46. The lowest BCUT2D eigenvalue weighted by Gasteiger charge is -2.58. The maximum Gasteiger partial charge on any atom is 0.0611 e. The molecule has 0 aromatic heterocycles. The Morgan fingerprint density at radius 2 is 1.67 bits per heavy atom. The van der Waals surface area contributed by atoms with Crippen molar-refractivity contribution in [2.24, 2.45) is 29.1 Å². The van der Waals surface area contributed by atoms with E-state index in [9.17, 15) is 5.11 Å². The van der Waals surface area contributed by atoms with Gasteiger partial charge >= 0.3 is 0 Å². The Labute approximate surface area is 130 Å². The fourth-order valence-corrected chi connectivity index (χ4v) is 6.75. The largest absolute Gasteiger partial charge is 0.392 e. The third kappa shape index (κ3) is 2.67. The van der Waals surface area contributed by atoms with E-state index in [-0.39, 0.29) is 6.10 Å². The predicted molar refractivity (Wildman–Crippen MR) is 86.0 cm³/mol. The Balaban J connectivity index is 1.41. The first-order valence-corrected chi connectivity index (χ1v) is 9.58. The van der Waals surface area contributed by atoms with Gasteiger partial charge in [-0.1, -0.05) is 13.3 Å². The molecule has 21 heavy (non-hydrogen) atoms. The maximum absolute atomic E-state index is 11.1. The van der Waals surface area contributed by atoms with Gasteiger partial charge in [0, 0.05) is 6.04 Å². The van der Waals surface area contributed by atoms with E-state index in [0.717, 1.165) is 36.6 Å². The first-order valence-electron chi connectivity index (χ1n) is 9.58. The molecule has 2 nitrogen and oxygen atoms in total. The van der Waals surface area contributed by atoms with Crippen LogP contribution in [-0.4, -0.2) is 23.8 Å². The van der Waals surface area contributed by atoms with Gasteiger partial charge in [0.05, 0.1) is 6.10 Å². The first-order chi connectivity index (χ1) is 10.2. The molecule has 4 bridgehead atoms. The third-order valence-corrected chi connectivity index (χ3v) is 7.48. The van der Waals surface area contributed by atoms with Crippen LogP contribution < -0.4 is 5.32 Å². The van der Waals surface area contributed by atoms with Crippen LogP contribution in [0.3, 0.4) is 0 Å². The molecular weight excluding hydrogens is 258 g/mol. The van der Waals surface area contributed by atoms with E-state index < -0.39 is 0 Å². The highest BCUT2D eigenvalue weighted by Gasteiger charge is 2.54. The molecule has 4 aliphatic carbocycles. The van der Waals surface area contributed by atoms with Crippen LogP contribution in [0.4, 0.5) is 0 Å². The van der Waals surface area contributed by atoms with Crippen molar-refractivity contribution in [1.29, 1.82) is 0 Å². The van der Waals surface area contributed by atoms with Gasteiger partial charge in [-0.3, -0.25) is 0 Å². The van der Waals surface area contributed by atoms with Gasteiger partial charge in [0.25, 0.3) is 0 Å². The Hall–Kier alpha value is -0.0800. The third-order valence-electron chi connectivity index (χ3n) is 7.48. The topological polar surface area (TPSA) is 32.3 Å². The molecule has 5 aliphatic rings. The summed E-state index contributed by atoms with van der Waals surface area (Å²) in [6.07, 6.45) is 13.4. The van der Waals surface area contributed by atoms with Crippen molar-refractivity contribution in [1.82, 2.24) is 5.32 Å². The van der Waals surface area contributed by atoms with Crippen molar-refractivity contribution in [2.45, 2.75) is 83.3 Å². The van der Waals surface area contributed by atoms with Crippen molar-refractivity contribution in [3.63, 3.8) is 0 Å². The van der Waals surface area contributed by atoms with Crippen LogP contribution in [0, 0.1) is 29.1 Å². The fraction of sp³-hybridized carbons (Fsp3) is 1.00. The minimum atomic E-state index is -0.0426. The monoisotopic (exact) mass is 291 g/mol. The molecule has 1 aliphatic heterocycles. The van der Waals surface area contributed by atoms with Crippen LogP contribution >= 0.6 is 0 Å². The molecule has 2 N–H and O–H groups in total. The van der Waals surface area contributed by atoms with Crippen molar-refractivity contribution in [3.8, 4) is 0 Å². The van der Waals surface area contributed by atoms with Gasteiger partial charge in [-0.25, -0.2) is 0 Å². The van der Waals surface area contributed by atoms with E-state index in [0.29, 0.717) is 11.5 Å². The summed E-state index contributed by atoms with van der Waals surface area (Å²) in [5.74, 6) is 3.75. The summed E-state index contributed by atoms with van der Waals surface area (Å²) in [4.78, 5) is 0. The quantitative estimate of drug-likeness (QED) is 0.827. The molecule has 0 aromatic carbocycles. The van der Waals surface area contributed by atoms with Crippen LogP contribution in [0.2, 0.25) is 0 Å². The van der Waals surface area contributed by atoms with Crippen LogP contribution in [-0.2, 0) is 0 Å². The van der Waals surface area contributed by atoms with Crippen molar-refractivity contribution in [2.75, 3.05) is 6.54 Å². The summed E-state index contributed by atoms with van der Waals surface area (Å²) < 4.78 is 0. The zero-order valence-corrected chi connectivity index (χ0v) is 13.7. The summed E-state index contributed by atoms with van der Waals surface area (Å²) in [6, 6.07) is 0.576. The summed E-state index contributed by atoms with van der Waals surface area (Å²) in [6.45, 7) is 3.49. The molecule has 3 unspecified atom stereocenters. The lowest BCUT2D eigenvalue weighted by molar-refractivity contribution is -0.125. The molecule has 0 amide bonds. The second kappa shape index (κ2) is 5.53. The van der Waals surface area contributed by atoms with E-state index >= 15 is 0 Å². The molecule has 5 fully saturated rings. The number of rotatable bonds is 4. The Kier molecular flexibility index (Phi) is 3.82. The normalized spacial score (nSPS) is 50.3. The zero-order valence-electron chi connectivity index (χ0n) is 13.7. The molecule has 0 spiro atoms. The van der Waals surface area contributed by atoms with Crippen molar-refractivity contribution < 1.29 is 5.11 Å². The minimum Gasteiger partial charge on any atom is -0.392 e. The molecular formula is C19H33NO. The van der Waals surface area contributed by atoms with Gasteiger partial charge < -0.3 is 10.4 Å².